The molecule has 0 aliphatic carbocycles. The van der Waals surface area contributed by atoms with Crippen molar-refractivity contribution in [2.24, 2.45) is 0 Å². The Bertz CT molecular complexity index is 429. The van der Waals surface area contributed by atoms with Crippen LogP contribution in [0.2, 0.25) is 0 Å². The highest BCUT2D eigenvalue weighted by Crippen LogP contribution is 2.10. The highest BCUT2D eigenvalue weighted by Gasteiger charge is 2.22. The number of aromatic nitrogens is 2. The monoisotopic (exact) mass is 236 g/mol. The molecule has 1 aliphatic rings. The second-order valence-electron chi connectivity index (χ2n) is 4.50. The highest BCUT2D eigenvalue weighted by molar-refractivity contribution is 5.37. The summed E-state index contributed by atoms with van der Waals surface area (Å²) in [5.74, 6) is 0.593. The minimum atomic E-state index is 0.0306. The summed E-state index contributed by atoms with van der Waals surface area (Å²) >= 11 is 0. The Morgan fingerprint density at radius 1 is 1.59 bits per heavy atom. The maximum Gasteiger partial charge on any atom is 0.293 e. The van der Waals surface area contributed by atoms with Crippen LogP contribution >= 0.6 is 0 Å². The summed E-state index contributed by atoms with van der Waals surface area (Å²) in [5, 5.41) is 3.32. The quantitative estimate of drug-likeness (QED) is 0.828. The van der Waals surface area contributed by atoms with Crippen LogP contribution in [0.5, 0.6) is 0 Å². The Kier molecular flexibility index (Phi) is 3.78. The van der Waals surface area contributed by atoms with E-state index in [0.29, 0.717) is 11.9 Å². The lowest BCUT2D eigenvalue weighted by Gasteiger charge is -2.34. The average Bonchev–Trinajstić information content (AvgIpc) is 2.33. The number of piperazine rings is 1. The molecule has 2 rings (SSSR count). The Balaban J connectivity index is 2.31. The fourth-order valence-electron chi connectivity index (χ4n) is 2.21. The van der Waals surface area contributed by atoms with Crippen molar-refractivity contribution in [3.63, 3.8) is 0 Å². The number of anilines is 1. The Morgan fingerprint density at radius 2 is 2.41 bits per heavy atom. The van der Waals surface area contributed by atoms with Crippen molar-refractivity contribution in [3.8, 4) is 0 Å². The topological polar surface area (TPSA) is 50.2 Å². The number of aryl methyl sites for hydroxylation is 1. The molecule has 1 saturated heterocycles. The molecular weight excluding hydrogens is 216 g/mol. The van der Waals surface area contributed by atoms with E-state index in [1.54, 1.807) is 17.0 Å². The molecule has 5 heteroatoms. The van der Waals surface area contributed by atoms with Gasteiger partial charge in [-0.1, -0.05) is 6.92 Å². The predicted octanol–water partition coefficient (Wildman–Crippen LogP) is 0.451. The number of rotatable bonds is 3. The summed E-state index contributed by atoms with van der Waals surface area (Å²) < 4.78 is 1.75. The van der Waals surface area contributed by atoms with Crippen molar-refractivity contribution in [2.45, 2.75) is 32.9 Å². The van der Waals surface area contributed by atoms with Gasteiger partial charge in [0.25, 0.3) is 5.56 Å². The van der Waals surface area contributed by atoms with Gasteiger partial charge in [0.05, 0.1) is 0 Å². The molecular formula is C12H20N4O. The Labute approximate surface area is 101 Å². The van der Waals surface area contributed by atoms with Gasteiger partial charge in [-0.2, -0.15) is 0 Å². The molecule has 0 saturated carbocycles. The van der Waals surface area contributed by atoms with E-state index in [9.17, 15) is 4.79 Å². The van der Waals surface area contributed by atoms with Crippen LogP contribution in [0.3, 0.4) is 0 Å². The van der Waals surface area contributed by atoms with Crippen molar-refractivity contribution in [1.29, 1.82) is 0 Å². The van der Waals surface area contributed by atoms with Crippen LogP contribution in [0.1, 0.15) is 20.3 Å². The summed E-state index contributed by atoms with van der Waals surface area (Å²) in [7, 11) is 0. The Morgan fingerprint density at radius 3 is 3.12 bits per heavy atom. The molecule has 1 atom stereocenters. The van der Waals surface area contributed by atoms with E-state index < -0.39 is 0 Å². The standard InChI is InChI=1S/C12H20N4O/c1-3-6-15-7-5-14-11(12(15)17)16-8-4-13-9-10(16)2/h5,7,10,13H,3-4,6,8-9H2,1-2H3. The molecule has 1 aliphatic heterocycles. The molecule has 94 valence electrons. The van der Waals surface area contributed by atoms with Gasteiger partial charge >= 0.3 is 0 Å². The van der Waals surface area contributed by atoms with Crippen LogP contribution in [0, 0.1) is 0 Å². The van der Waals surface area contributed by atoms with Gasteiger partial charge in [-0.3, -0.25) is 4.79 Å². The maximum absolute atomic E-state index is 12.2. The van der Waals surface area contributed by atoms with E-state index >= 15 is 0 Å². The molecule has 0 radical (unpaired) electrons. The maximum atomic E-state index is 12.2. The van der Waals surface area contributed by atoms with Crippen LogP contribution in [0.4, 0.5) is 5.82 Å². The van der Waals surface area contributed by atoms with Crippen molar-refractivity contribution < 1.29 is 0 Å². The summed E-state index contributed by atoms with van der Waals surface area (Å²) in [5.41, 5.74) is 0.0306. The van der Waals surface area contributed by atoms with Crippen molar-refractivity contribution in [2.75, 3.05) is 24.5 Å². The third kappa shape index (κ3) is 2.49. The van der Waals surface area contributed by atoms with Gasteiger partial charge in [-0.15, -0.1) is 0 Å². The molecule has 0 aromatic carbocycles. The van der Waals surface area contributed by atoms with E-state index in [4.69, 9.17) is 0 Å². The van der Waals surface area contributed by atoms with Gasteiger partial charge in [0.1, 0.15) is 0 Å². The first kappa shape index (κ1) is 12.1. The lowest BCUT2D eigenvalue weighted by molar-refractivity contribution is 0.492. The first-order valence-electron chi connectivity index (χ1n) is 6.27. The zero-order chi connectivity index (χ0) is 12.3. The normalized spacial score (nSPS) is 20.6. The average molecular weight is 236 g/mol. The first-order chi connectivity index (χ1) is 8.24. The van der Waals surface area contributed by atoms with E-state index in [1.165, 1.54) is 0 Å². The molecule has 17 heavy (non-hydrogen) atoms. The fourth-order valence-corrected chi connectivity index (χ4v) is 2.21. The van der Waals surface area contributed by atoms with Crippen LogP contribution in [0.25, 0.3) is 0 Å². The molecule has 1 unspecified atom stereocenters. The molecule has 0 spiro atoms. The molecule has 1 aromatic rings. The molecule has 1 fully saturated rings. The molecule has 0 bridgehead atoms. The van der Waals surface area contributed by atoms with Crippen LogP contribution < -0.4 is 15.8 Å². The van der Waals surface area contributed by atoms with E-state index in [1.807, 2.05) is 0 Å². The van der Waals surface area contributed by atoms with Gasteiger partial charge in [-0.25, -0.2) is 4.98 Å². The van der Waals surface area contributed by atoms with Gasteiger partial charge in [0, 0.05) is 44.6 Å². The van der Waals surface area contributed by atoms with E-state index in [-0.39, 0.29) is 5.56 Å². The second kappa shape index (κ2) is 5.31. The Hall–Kier alpha value is -1.36. The van der Waals surface area contributed by atoms with Crippen LogP contribution in [-0.4, -0.2) is 35.2 Å². The zero-order valence-corrected chi connectivity index (χ0v) is 10.5. The second-order valence-corrected chi connectivity index (χ2v) is 4.50. The summed E-state index contributed by atoms with van der Waals surface area (Å²) in [6.45, 7) is 7.61. The van der Waals surface area contributed by atoms with Crippen molar-refractivity contribution >= 4 is 5.82 Å². The van der Waals surface area contributed by atoms with Crippen molar-refractivity contribution in [3.05, 3.63) is 22.7 Å². The minimum absolute atomic E-state index is 0.0306. The fraction of sp³-hybridized carbons (Fsp3) is 0.667. The first-order valence-corrected chi connectivity index (χ1v) is 6.27. The summed E-state index contributed by atoms with van der Waals surface area (Å²) in [4.78, 5) is 18.6. The number of nitrogens with zero attached hydrogens (tertiary/aromatic N) is 3. The van der Waals surface area contributed by atoms with E-state index in [0.717, 1.165) is 32.6 Å². The highest BCUT2D eigenvalue weighted by atomic mass is 16.1. The number of nitrogens with one attached hydrogen (secondary N) is 1. The lowest BCUT2D eigenvalue weighted by atomic mass is 10.2. The van der Waals surface area contributed by atoms with Crippen LogP contribution in [0.15, 0.2) is 17.2 Å². The largest absolute Gasteiger partial charge is 0.347 e. The number of hydrogen-bond donors (Lipinski definition) is 1. The molecule has 5 nitrogen and oxygen atoms in total. The third-order valence-corrected chi connectivity index (χ3v) is 3.13. The smallest absolute Gasteiger partial charge is 0.293 e. The lowest BCUT2D eigenvalue weighted by Crippen LogP contribution is -2.52. The molecule has 2 heterocycles. The van der Waals surface area contributed by atoms with Crippen molar-refractivity contribution in [1.82, 2.24) is 14.9 Å². The van der Waals surface area contributed by atoms with Crippen LogP contribution in [-0.2, 0) is 6.54 Å². The molecule has 1 aromatic heterocycles. The minimum Gasteiger partial charge on any atom is -0.347 e. The molecule has 1 N–H and O–H groups in total. The predicted molar refractivity (Wildman–Crippen MR) is 68.5 cm³/mol. The number of hydrogen-bond acceptors (Lipinski definition) is 4. The zero-order valence-electron chi connectivity index (χ0n) is 10.5. The van der Waals surface area contributed by atoms with E-state index in [2.05, 4.69) is 29.0 Å². The van der Waals surface area contributed by atoms with Gasteiger partial charge < -0.3 is 14.8 Å². The van der Waals surface area contributed by atoms with Gasteiger partial charge in [0.2, 0.25) is 0 Å². The van der Waals surface area contributed by atoms with Gasteiger partial charge in [0.15, 0.2) is 5.82 Å². The van der Waals surface area contributed by atoms with Gasteiger partial charge in [-0.05, 0) is 13.3 Å². The molecule has 0 amide bonds. The summed E-state index contributed by atoms with van der Waals surface area (Å²) in [6.07, 6.45) is 4.45. The third-order valence-electron chi connectivity index (χ3n) is 3.13. The SMILES string of the molecule is CCCn1ccnc(N2CCNCC2C)c1=O. The summed E-state index contributed by atoms with van der Waals surface area (Å²) in [6, 6.07) is 0.321.